The van der Waals surface area contributed by atoms with Gasteiger partial charge in [0.25, 0.3) is 0 Å². The van der Waals surface area contributed by atoms with Crippen molar-refractivity contribution in [3.05, 3.63) is 59.7 Å². The standard InChI is InChI=1S/C27H28F3N3O3/c1-2-3-21(23(34)33-25(16-31)12-13-25)32-22(27(28,29)30)19-6-4-17(5-7-19)18-8-10-20(11-9-18)26(14-15-26)24(35)36/h4-11,21-22,32H,2-3,12-15H2,1H3,(H,33,34)(H,35,36)/t21-,22-/m0/s1. The van der Waals surface area contributed by atoms with Gasteiger partial charge in [-0.05, 0) is 54.4 Å². The molecule has 2 aromatic rings. The van der Waals surface area contributed by atoms with Crippen LogP contribution < -0.4 is 10.6 Å². The molecule has 190 valence electrons. The molecule has 0 bridgehead atoms. The number of nitrogens with zero attached hydrogens (tertiary/aromatic N) is 1. The molecule has 0 radical (unpaired) electrons. The highest BCUT2D eigenvalue weighted by Gasteiger charge is 2.51. The number of hydrogen-bond acceptors (Lipinski definition) is 4. The molecule has 36 heavy (non-hydrogen) atoms. The zero-order valence-corrected chi connectivity index (χ0v) is 19.9. The zero-order chi connectivity index (χ0) is 26.1. The van der Waals surface area contributed by atoms with E-state index in [1.165, 1.54) is 12.1 Å². The summed E-state index contributed by atoms with van der Waals surface area (Å²) in [5, 5.41) is 23.8. The minimum absolute atomic E-state index is 0.0268. The van der Waals surface area contributed by atoms with Crippen LogP contribution in [0.2, 0.25) is 0 Å². The van der Waals surface area contributed by atoms with Gasteiger partial charge in [-0.3, -0.25) is 14.9 Å². The van der Waals surface area contributed by atoms with E-state index in [0.29, 0.717) is 37.7 Å². The quantitative estimate of drug-likeness (QED) is 0.427. The molecule has 2 aromatic carbocycles. The van der Waals surface area contributed by atoms with Crippen molar-refractivity contribution in [3.63, 3.8) is 0 Å². The molecule has 0 saturated heterocycles. The Balaban J connectivity index is 1.51. The van der Waals surface area contributed by atoms with Crippen molar-refractivity contribution >= 4 is 11.9 Å². The fraction of sp³-hybridized carbons (Fsp3) is 0.444. The molecular weight excluding hydrogens is 471 g/mol. The number of halogens is 3. The summed E-state index contributed by atoms with van der Waals surface area (Å²) >= 11 is 0. The Kier molecular flexibility index (Phi) is 6.84. The van der Waals surface area contributed by atoms with E-state index < -0.39 is 41.1 Å². The topological polar surface area (TPSA) is 102 Å². The first-order chi connectivity index (χ1) is 17.0. The summed E-state index contributed by atoms with van der Waals surface area (Å²) in [5.41, 5.74) is 0.375. The van der Waals surface area contributed by atoms with Gasteiger partial charge in [-0.2, -0.15) is 18.4 Å². The number of amides is 1. The Hall–Kier alpha value is -3.38. The molecule has 9 heteroatoms. The van der Waals surface area contributed by atoms with E-state index in [1.54, 1.807) is 43.3 Å². The summed E-state index contributed by atoms with van der Waals surface area (Å²) in [6.45, 7) is 1.78. The van der Waals surface area contributed by atoms with Crippen molar-refractivity contribution in [2.24, 2.45) is 0 Å². The molecule has 0 unspecified atom stereocenters. The lowest BCUT2D eigenvalue weighted by Gasteiger charge is -2.28. The number of nitriles is 1. The highest BCUT2D eigenvalue weighted by molar-refractivity contribution is 5.85. The largest absolute Gasteiger partial charge is 0.481 e. The van der Waals surface area contributed by atoms with E-state index in [0.717, 1.165) is 11.1 Å². The van der Waals surface area contributed by atoms with Gasteiger partial charge in [0.05, 0.1) is 17.5 Å². The van der Waals surface area contributed by atoms with Gasteiger partial charge in [0, 0.05) is 0 Å². The minimum Gasteiger partial charge on any atom is -0.481 e. The van der Waals surface area contributed by atoms with Gasteiger partial charge in [0.15, 0.2) is 0 Å². The number of carboxylic acids is 1. The number of aliphatic carboxylic acids is 1. The fourth-order valence-electron chi connectivity index (χ4n) is 4.47. The van der Waals surface area contributed by atoms with Crippen LogP contribution in [0, 0.1) is 11.3 Å². The van der Waals surface area contributed by atoms with Gasteiger partial charge in [0.2, 0.25) is 5.91 Å². The third kappa shape index (κ3) is 5.24. The van der Waals surface area contributed by atoms with Gasteiger partial charge in [0.1, 0.15) is 11.6 Å². The molecule has 0 aromatic heterocycles. The lowest BCUT2D eigenvalue weighted by atomic mass is 9.93. The summed E-state index contributed by atoms with van der Waals surface area (Å²) < 4.78 is 42.1. The molecule has 0 heterocycles. The van der Waals surface area contributed by atoms with Crippen LogP contribution in [-0.2, 0) is 15.0 Å². The van der Waals surface area contributed by atoms with Crippen molar-refractivity contribution in [1.82, 2.24) is 10.6 Å². The van der Waals surface area contributed by atoms with Crippen LogP contribution >= 0.6 is 0 Å². The second kappa shape index (κ2) is 9.58. The van der Waals surface area contributed by atoms with E-state index in [4.69, 9.17) is 0 Å². The molecule has 1 amide bonds. The van der Waals surface area contributed by atoms with Crippen molar-refractivity contribution in [2.45, 2.75) is 74.7 Å². The van der Waals surface area contributed by atoms with Crippen LogP contribution in [0.5, 0.6) is 0 Å². The van der Waals surface area contributed by atoms with Crippen molar-refractivity contribution < 1.29 is 27.9 Å². The molecule has 4 rings (SSSR count). The predicted molar refractivity (Wildman–Crippen MR) is 127 cm³/mol. The van der Waals surface area contributed by atoms with Crippen molar-refractivity contribution in [1.29, 1.82) is 5.26 Å². The first kappa shape index (κ1) is 25.7. The Bertz CT molecular complexity index is 1160. The summed E-state index contributed by atoms with van der Waals surface area (Å²) in [6, 6.07) is 11.9. The Morgan fingerprint density at radius 3 is 2.00 bits per heavy atom. The van der Waals surface area contributed by atoms with Gasteiger partial charge < -0.3 is 10.4 Å². The SMILES string of the molecule is CCC[C@H](N[C@@H](c1ccc(-c2ccc(C3(C(=O)O)CC3)cc2)cc1)C(F)(F)F)C(=O)NC1(C#N)CC1. The van der Waals surface area contributed by atoms with Crippen LogP contribution in [0.3, 0.4) is 0 Å². The number of benzene rings is 2. The number of carbonyl (C=O) groups excluding carboxylic acids is 1. The third-order valence-corrected chi connectivity index (χ3v) is 7.09. The Labute approximate surface area is 207 Å². The van der Waals surface area contributed by atoms with Gasteiger partial charge in [-0.25, -0.2) is 0 Å². The maximum Gasteiger partial charge on any atom is 0.407 e. The van der Waals surface area contributed by atoms with E-state index in [-0.39, 0.29) is 12.0 Å². The first-order valence-electron chi connectivity index (χ1n) is 12.0. The summed E-state index contributed by atoms with van der Waals surface area (Å²) in [4.78, 5) is 24.2. The Morgan fingerprint density at radius 2 is 1.58 bits per heavy atom. The van der Waals surface area contributed by atoms with E-state index >= 15 is 0 Å². The average Bonchev–Trinajstić information content (AvgIpc) is 3.77. The Morgan fingerprint density at radius 1 is 1.03 bits per heavy atom. The highest BCUT2D eigenvalue weighted by atomic mass is 19.4. The number of carbonyl (C=O) groups is 2. The minimum atomic E-state index is -4.64. The monoisotopic (exact) mass is 499 g/mol. The molecule has 3 N–H and O–H groups in total. The first-order valence-corrected chi connectivity index (χ1v) is 12.0. The number of rotatable bonds is 10. The smallest absolute Gasteiger partial charge is 0.407 e. The van der Waals surface area contributed by atoms with Crippen LogP contribution in [-0.4, -0.2) is 34.7 Å². The molecule has 2 atom stereocenters. The molecule has 2 aliphatic rings. The van der Waals surface area contributed by atoms with E-state index in [2.05, 4.69) is 10.6 Å². The summed E-state index contributed by atoms with van der Waals surface area (Å²) in [6.07, 6.45) is -1.77. The summed E-state index contributed by atoms with van der Waals surface area (Å²) in [7, 11) is 0. The average molecular weight is 500 g/mol. The molecule has 0 spiro atoms. The van der Waals surface area contributed by atoms with Crippen molar-refractivity contribution in [3.8, 4) is 17.2 Å². The molecule has 6 nitrogen and oxygen atoms in total. The zero-order valence-electron chi connectivity index (χ0n) is 19.9. The van der Waals surface area contributed by atoms with E-state index in [9.17, 15) is 33.1 Å². The summed E-state index contributed by atoms with van der Waals surface area (Å²) in [5.74, 6) is -1.45. The van der Waals surface area contributed by atoms with Gasteiger partial charge in [-0.1, -0.05) is 61.9 Å². The molecule has 2 aliphatic carbocycles. The van der Waals surface area contributed by atoms with Crippen LogP contribution in [0.15, 0.2) is 48.5 Å². The van der Waals surface area contributed by atoms with Crippen LogP contribution in [0.25, 0.3) is 11.1 Å². The van der Waals surface area contributed by atoms with Crippen molar-refractivity contribution in [2.75, 3.05) is 0 Å². The normalized spacial score (nSPS) is 19.0. The van der Waals surface area contributed by atoms with Crippen LogP contribution in [0.4, 0.5) is 13.2 Å². The molecular formula is C27H28F3N3O3. The number of alkyl halides is 3. The second-order valence-corrected chi connectivity index (χ2v) is 9.75. The van der Waals surface area contributed by atoms with Crippen LogP contribution in [0.1, 0.15) is 62.6 Å². The lowest BCUT2D eigenvalue weighted by molar-refractivity contribution is -0.161. The highest BCUT2D eigenvalue weighted by Crippen LogP contribution is 2.48. The molecule has 2 saturated carbocycles. The lowest BCUT2D eigenvalue weighted by Crippen LogP contribution is -2.51. The maximum atomic E-state index is 14.0. The second-order valence-electron chi connectivity index (χ2n) is 9.75. The number of nitrogens with one attached hydrogen (secondary N) is 2. The van der Waals surface area contributed by atoms with Gasteiger partial charge in [-0.15, -0.1) is 0 Å². The maximum absolute atomic E-state index is 14.0. The number of carboxylic acid groups (broad SMARTS) is 1. The van der Waals surface area contributed by atoms with E-state index in [1.807, 2.05) is 6.07 Å². The third-order valence-electron chi connectivity index (χ3n) is 7.09. The predicted octanol–water partition coefficient (Wildman–Crippen LogP) is 5.00. The molecule has 2 fully saturated rings. The van der Waals surface area contributed by atoms with Gasteiger partial charge >= 0.3 is 12.1 Å². The number of hydrogen-bond donors (Lipinski definition) is 3. The fourth-order valence-corrected chi connectivity index (χ4v) is 4.47. The molecule has 0 aliphatic heterocycles.